The van der Waals surface area contributed by atoms with Crippen molar-refractivity contribution in [2.45, 2.75) is 6.92 Å². The number of hydrogen-bond acceptors (Lipinski definition) is 3. The number of anilines is 1. The number of amides is 1. The van der Waals surface area contributed by atoms with E-state index in [2.05, 4.69) is 20.3 Å². The highest BCUT2D eigenvalue weighted by atomic mass is 16.1. The number of carbonyl (C=O) groups is 1. The largest absolute Gasteiger partial charge is 0.345 e. The van der Waals surface area contributed by atoms with Crippen molar-refractivity contribution in [3.8, 4) is 0 Å². The molecule has 0 radical (unpaired) electrons. The summed E-state index contributed by atoms with van der Waals surface area (Å²) in [6.07, 6.45) is 1.59. The van der Waals surface area contributed by atoms with Crippen LogP contribution in [-0.4, -0.2) is 20.9 Å². The Kier molecular flexibility index (Phi) is 3.16. The molecule has 0 aliphatic rings. The van der Waals surface area contributed by atoms with Crippen molar-refractivity contribution in [1.29, 1.82) is 0 Å². The average molecular weight is 318 g/mol. The number of rotatable bonds is 2. The van der Waals surface area contributed by atoms with Crippen molar-refractivity contribution in [3.05, 3.63) is 70.3 Å². The summed E-state index contributed by atoms with van der Waals surface area (Å²) in [7, 11) is 0. The Hall–Kier alpha value is -3.41. The molecule has 0 aliphatic heterocycles. The van der Waals surface area contributed by atoms with Crippen LogP contribution in [0.2, 0.25) is 0 Å². The van der Waals surface area contributed by atoms with Gasteiger partial charge in [-0.15, -0.1) is 0 Å². The number of benzene rings is 2. The summed E-state index contributed by atoms with van der Waals surface area (Å²) in [4.78, 5) is 33.9. The molecule has 3 N–H and O–H groups in total. The molecule has 118 valence electrons. The lowest BCUT2D eigenvalue weighted by Crippen LogP contribution is -2.12. The Morgan fingerprint density at radius 2 is 1.96 bits per heavy atom. The Morgan fingerprint density at radius 3 is 2.83 bits per heavy atom. The standard InChI is InChI=1S/C18H14N4O2/c1-10-6-17(23)22-15-8-12(3-4-13(10)15)21-18(24)11-2-5-14-16(7-11)20-9-19-14/h2-9H,1H3,(H,19,20)(H,21,24)(H,22,23). The number of hydrogen-bond donors (Lipinski definition) is 3. The summed E-state index contributed by atoms with van der Waals surface area (Å²) < 4.78 is 0. The molecule has 2 aromatic carbocycles. The van der Waals surface area contributed by atoms with Gasteiger partial charge < -0.3 is 15.3 Å². The van der Waals surface area contributed by atoms with Gasteiger partial charge in [-0.25, -0.2) is 4.98 Å². The third kappa shape index (κ3) is 2.44. The van der Waals surface area contributed by atoms with E-state index in [4.69, 9.17) is 0 Å². The first-order valence-corrected chi connectivity index (χ1v) is 7.48. The van der Waals surface area contributed by atoms with Gasteiger partial charge in [-0.05, 0) is 42.8 Å². The van der Waals surface area contributed by atoms with Crippen LogP contribution in [0.5, 0.6) is 0 Å². The summed E-state index contributed by atoms with van der Waals surface area (Å²) in [6.45, 7) is 1.88. The van der Waals surface area contributed by atoms with Gasteiger partial charge in [-0.3, -0.25) is 9.59 Å². The molecule has 4 rings (SSSR count). The second-order valence-electron chi connectivity index (χ2n) is 5.67. The number of H-pyrrole nitrogens is 2. The van der Waals surface area contributed by atoms with Gasteiger partial charge in [0.15, 0.2) is 0 Å². The van der Waals surface area contributed by atoms with Gasteiger partial charge in [0.2, 0.25) is 5.56 Å². The van der Waals surface area contributed by atoms with Crippen molar-refractivity contribution in [2.75, 3.05) is 5.32 Å². The van der Waals surface area contributed by atoms with Crippen LogP contribution in [0, 0.1) is 6.92 Å². The van der Waals surface area contributed by atoms with E-state index in [0.29, 0.717) is 16.8 Å². The molecular weight excluding hydrogens is 304 g/mol. The molecule has 6 heteroatoms. The molecule has 2 heterocycles. The Labute approximate surface area is 136 Å². The first-order chi connectivity index (χ1) is 11.6. The second kappa shape index (κ2) is 5.34. The third-order valence-electron chi connectivity index (χ3n) is 3.99. The number of nitrogens with zero attached hydrogens (tertiary/aromatic N) is 1. The molecule has 0 fully saturated rings. The van der Waals surface area contributed by atoms with Crippen LogP contribution in [0.25, 0.3) is 21.9 Å². The average Bonchev–Trinajstić information content (AvgIpc) is 3.01. The van der Waals surface area contributed by atoms with Crippen LogP contribution < -0.4 is 10.9 Å². The van der Waals surface area contributed by atoms with Crippen molar-refractivity contribution in [1.82, 2.24) is 15.0 Å². The fourth-order valence-electron chi connectivity index (χ4n) is 2.79. The monoisotopic (exact) mass is 318 g/mol. The minimum atomic E-state index is -0.221. The van der Waals surface area contributed by atoms with E-state index in [1.54, 1.807) is 36.7 Å². The van der Waals surface area contributed by atoms with Gasteiger partial charge in [0, 0.05) is 22.7 Å². The van der Waals surface area contributed by atoms with Crippen molar-refractivity contribution in [3.63, 3.8) is 0 Å². The predicted molar refractivity (Wildman–Crippen MR) is 93.4 cm³/mol. The van der Waals surface area contributed by atoms with Crippen molar-refractivity contribution < 1.29 is 4.79 Å². The zero-order chi connectivity index (χ0) is 16.7. The molecule has 0 aliphatic carbocycles. The number of imidazole rings is 1. The predicted octanol–water partition coefficient (Wildman–Crippen LogP) is 2.97. The van der Waals surface area contributed by atoms with Crippen LogP contribution in [0.15, 0.2) is 53.6 Å². The summed E-state index contributed by atoms with van der Waals surface area (Å²) in [5.41, 5.74) is 4.21. The number of nitrogens with one attached hydrogen (secondary N) is 3. The molecule has 0 bridgehead atoms. The maximum Gasteiger partial charge on any atom is 0.255 e. The number of aromatic nitrogens is 3. The van der Waals surface area contributed by atoms with Gasteiger partial charge >= 0.3 is 0 Å². The molecule has 6 nitrogen and oxygen atoms in total. The summed E-state index contributed by atoms with van der Waals surface area (Å²) in [6, 6.07) is 12.3. The molecule has 1 amide bonds. The smallest absolute Gasteiger partial charge is 0.255 e. The van der Waals surface area contributed by atoms with E-state index in [1.807, 2.05) is 19.1 Å². The summed E-state index contributed by atoms with van der Waals surface area (Å²) >= 11 is 0. The second-order valence-corrected chi connectivity index (χ2v) is 5.67. The van der Waals surface area contributed by atoms with Crippen LogP contribution in [0.3, 0.4) is 0 Å². The highest BCUT2D eigenvalue weighted by Crippen LogP contribution is 2.20. The van der Waals surface area contributed by atoms with Gasteiger partial charge in [-0.1, -0.05) is 6.07 Å². The van der Waals surface area contributed by atoms with Crippen LogP contribution in [-0.2, 0) is 0 Å². The molecule has 0 spiro atoms. The van der Waals surface area contributed by atoms with E-state index >= 15 is 0 Å². The number of fused-ring (bicyclic) bond motifs is 2. The molecular formula is C18H14N4O2. The molecule has 0 saturated carbocycles. The Bertz CT molecular complexity index is 1140. The molecule has 24 heavy (non-hydrogen) atoms. The lowest BCUT2D eigenvalue weighted by Gasteiger charge is -2.08. The van der Waals surface area contributed by atoms with E-state index in [-0.39, 0.29) is 11.5 Å². The van der Waals surface area contributed by atoms with Crippen molar-refractivity contribution >= 4 is 33.5 Å². The highest BCUT2D eigenvalue weighted by Gasteiger charge is 2.09. The Balaban J connectivity index is 1.67. The number of carbonyl (C=O) groups excluding carboxylic acids is 1. The van der Waals surface area contributed by atoms with Gasteiger partial charge in [0.05, 0.1) is 22.9 Å². The first-order valence-electron chi connectivity index (χ1n) is 7.48. The normalized spacial score (nSPS) is 11.0. The molecule has 4 aromatic rings. The SMILES string of the molecule is Cc1cc(=O)[nH]c2cc(NC(=O)c3ccc4nc[nH]c4c3)ccc12. The van der Waals surface area contributed by atoms with E-state index in [0.717, 1.165) is 22.0 Å². The highest BCUT2D eigenvalue weighted by molar-refractivity contribution is 6.06. The quantitative estimate of drug-likeness (QED) is 0.530. The van der Waals surface area contributed by atoms with Gasteiger partial charge in [0.25, 0.3) is 5.91 Å². The topological polar surface area (TPSA) is 90.6 Å². The fourth-order valence-corrected chi connectivity index (χ4v) is 2.79. The third-order valence-corrected chi connectivity index (χ3v) is 3.99. The molecule has 0 unspecified atom stereocenters. The number of pyridine rings is 1. The zero-order valence-corrected chi connectivity index (χ0v) is 12.9. The summed E-state index contributed by atoms with van der Waals surface area (Å²) in [5, 5.41) is 3.80. The van der Waals surface area contributed by atoms with Crippen molar-refractivity contribution in [2.24, 2.45) is 0 Å². The maximum absolute atomic E-state index is 12.4. The van der Waals surface area contributed by atoms with Crippen LogP contribution in [0.4, 0.5) is 5.69 Å². The van der Waals surface area contributed by atoms with Gasteiger partial charge in [0.1, 0.15) is 0 Å². The Morgan fingerprint density at radius 1 is 1.08 bits per heavy atom. The lowest BCUT2D eigenvalue weighted by molar-refractivity contribution is 0.102. The number of aryl methyl sites for hydroxylation is 1. The van der Waals surface area contributed by atoms with E-state index in [9.17, 15) is 9.59 Å². The molecule has 0 saturated heterocycles. The van der Waals surface area contributed by atoms with Crippen LogP contribution >= 0.6 is 0 Å². The number of aromatic amines is 2. The van der Waals surface area contributed by atoms with E-state index < -0.39 is 0 Å². The first kappa shape index (κ1) is 14.2. The van der Waals surface area contributed by atoms with E-state index in [1.165, 1.54) is 0 Å². The lowest BCUT2D eigenvalue weighted by atomic mass is 10.1. The minimum Gasteiger partial charge on any atom is -0.345 e. The minimum absolute atomic E-state index is 0.159. The molecule has 0 atom stereocenters. The zero-order valence-electron chi connectivity index (χ0n) is 12.9. The van der Waals surface area contributed by atoms with Gasteiger partial charge in [-0.2, -0.15) is 0 Å². The fraction of sp³-hybridized carbons (Fsp3) is 0.0556. The van der Waals surface area contributed by atoms with Crippen LogP contribution in [0.1, 0.15) is 15.9 Å². The summed E-state index contributed by atoms with van der Waals surface area (Å²) in [5.74, 6) is -0.221. The molecule has 2 aromatic heterocycles. The maximum atomic E-state index is 12.4.